The maximum absolute atomic E-state index is 12.9. The lowest BCUT2D eigenvalue weighted by atomic mass is 9.54. The average molecular weight is 330 g/mol. The largest absolute Gasteiger partial charge is 0.461 e. The number of carbonyl (C=O) groups excluding carboxylic acids is 2. The van der Waals surface area contributed by atoms with E-state index in [0.29, 0.717) is 11.3 Å². The van der Waals surface area contributed by atoms with E-state index >= 15 is 0 Å². The molecule has 1 fully saturated rings. The summed E-state index contributed by atoms with van der Waals surface area (Å²) in [6.45, 7) is 9.87. The number of ether oxygens (including phenoxy) is 1. The Morgan fingerprint density at radius 1 is 1.42 bits per heavy atom. The molecule has 0 aliphatic heterocycles. The normalized spacial score (nSPS) is 33.0. The maximum atomic E-state index is 12.9. The molecule has 4 nitrogen and oxygen atoms in total. The molecule has 0 unspecified atom stereocenters. The highest BCUT2D eigenvalue weighted by Gasteiger charge is 2.54. The zero-order valence-electron chi connectivity index (χ0n) is 15.1. The number of fused-ring (bicyclic) bond motifs is 2. The summed E-state index contributed by atoms with van der Waals surface area (Å²) in [5.74, 6) is 0.480. The molecule has 2 aliphatic carbocycles. The number of hydrogen-bond donors (Lipinski definition) is 0. The van der Waals surface area contributed by atoms with Crippen LogP contribution in [0.2, 0.25) is 0 Å². The second kappa shape index (κ2) is 5.91. The number of rotatable bonds is 2. The van der Waals surface area contributed by atoms with Crippen LogP contribution >= 0.6 is 0 Å². The molecular formula is C20H26O4. The highest BCUT2D eigenvalue weighted by molar-refractivity contribution is 5.99. The Morgan fingerprint density at radius 3 is 2.79 bits per heavy atom. The number of furan rings is 1. The van der Waals surface area contributed by atoms with Gasteiger partial charge in [-0.05, 0) is 56.9 Å². The molecule has 130 valence electrons. The first-order valence-corrected chi connectivity index (χ1v) is 8.74. The summed E-state index contributed by atoms with van der Waals surface area (Å²) in [7, 11) is 0. The van der Waals surface area contributed by atoms with Crippen LogP contribution in [0.15, 0.2) is 22.3 Å². The van der Waals surface area contributed by atoms with Gasteiger partial charge in [0.05, 0.1) is 6.26 Å². The summed E-state index contributed by atoms with van der Waals surface area (Å²) in [6.07, 6.45) is 5.58. The molecule has 0 N–H and O–H groups in total. The minimum atomic E-state index is -0.251. The average Bonchev–Trinajstić information content (AvgIpc) is 2.91. The van der Waals surface area contributed by atoms with Crippen LogP contribution in [-0.2, 0) is 16.0 Å². The molecular weight excluding hydrogens is 304 g/mol. The topological polar surface area (TPSA) is 56.5 Å². The number of aryl methyl sites for hydroxylation is 1. The van der Waals surface area contributed by atoms with Crippen LogP contribution in [0, 0.1) is 24.2 Å². The van der Waals surface area contributed by atoms with Crippen LogP contribution in [0.1, 0.15) is 62.2 Å². The molecule has 0 bridgehead atoms. The molecule has 1 saturated carbocycles. The SMILES string of the molecule is CC=C(C)C(=O)O[C@H]1CC[C@@H]2C(=O)c3occ(C)c3C[C@]2(C)[C@H]1C. The van der Waals surface area contributed by atoms with Crippen molar-refractivity contribution >= 4 is 11.8 Å². The smallest absolute Gasteiger partial charge is 0.333 e. The van der Waals surface area contributed by atoms with Crippen LogP contribution in [0.3, 0.4) is 0 Å². The van der Waals surface area contributed by atoms with Gasteiger partial charge >= 0.3 is 5.97 Å². The van der Waals surface area contributed by atoms with Crippen LogP contribution in [0.25, 0.3) is 0 Å². The molecule has 24 heavy (non-hydrogen) atoms. The first kappa shape index (κ1) is 17.0. The van der Waals surface area contributed by atoms with Gasteiger partial charge in [0.15, 0.2) is 5.76 Å². The second-order valence-electron chi connectivity index (χ2n) is 7.61. The molecule has 0 aromatic carbocycles. The lowest BCUT2D eigenvalue weighted by molar-refractivity contribution is -0.154. The van der Waals surface area contributed by atoms with Crippen molar-refractivity contribution in [3.05, 3.63) is 34.8 Å². The number of allylic oxidation sites excluding steroid dienone is 1. The van der Waals surface area contributed by atoms with Crippen LogP contribution < -0.4 is 0 Å². The van der Waals surface area contributed by atoms with Gasteiger partial charge in [0.2, 0.25) is 5.78 Å². The third-order valence-electron chi connectivity index (χ3n) is 6.35. The molecule has 0 radical (unpaired) electrons. The van der Waals surface area contributed by atoms with E-state index in [2.05, 4.69) is 13.8 Å². The zero-order valence-corrected chi connectivity index (χ0v) is 15.1. The Labute approximate surface area is 143 Å². The highest BCUT2D eigenvalue weighted by Crippen LogP contribution is 2.53. The summed E-state index contributed by atoms with van der Waals surface area (Å²) in [5, 5.41) is 0. The fourth-order valence-corrected chi connectivity index (χ4v) is 4.31. The molecule has 2 aliphatic rings. The van der Waals surface area contributed by atoms with Gasteiger partial charge < -0.3 is 9.15 Å². The quantitative estimate of drug-likeness (QED) is 0.600. The maximum Gasteiger partial charge on any atom is 0.333 e. The molecule has 0 spiro atoms. The number of Topliss-reactive ketones (excluding diaryl/α,β-unsaturated/α-hetero) is 1. The Morgan fingerprint density at radius 2 is 2.12 bits per heavy atom. The second-order valence-corrected chi connectivity index (χ2v) is 7.61. The van der Waals surface area contributed by atoms with E-state index in [9.17, 15) is 9.59 Å². The standard InChI is InChI=1S/C20H26O4/c1-6-11(2)19(22)24-16-8-7-15-17(21)18-14(12(3)10-23-18)9-20(15,5)13(16)4/h6,10,13,15-16H,7-9H2,1-5H3/t13-,15+,16-,20+/m0/s1. The van der Waals surface area contributed by atoms with E-state index < -0.39 is 0 Å². The number of ketones is 1. The first-order chi connectivity index (χ1) is 11.3. The minimum Gasteiger partial charge on any atom is -0.461 e. The van der Waals surface area contributed by atoms with Crippen molar-refractivity contribution in [2.24, 2.45) is 17.3 Å². The van der Waals surface area contributed by atoms with E-state index in [0.717, 1.165) is 30.4 Å². The van der Waals surface area contributed by atoms with Crippen LogP contribution in [0.4, 0.5) is 0 Å². The number of esters is 1. The Balaban J connectivity index is 1.89. The van der Waals surface area contributed by atoms with Crippen molar-refractivity contribution in [1.29, 1.82) is 0 Å². The van der Waals surface area contributed by atoms with Gasteiger partial charge in [-0.25, -0.2) is 4.79 Å². The Kier molecular flexibility index (Phi) is 4.18. The predicted molar refractivity (Wildman–Crippen MR) is 90.8 cm³/mol. The molecule has 1 aromatic heterocycles. The van der Waals surface area contributed by atoms with Gasteiger partial charge in [-0.2, -0.15) is 0 Å². The number of hydrogen-bond acceptors (Lipinski definition) is 4. The molecule has 0 amide bonds. The van der Waals surface area contributed by atoms with Crippen molar-refractivity contribution in [3.63, 3.8) is 0 Å². The zero-order chi connectivity index (χ0) is 17.6. The van der Waals surface area contributed by atoms with Gasteiger partial charge in [0, 0.05) is 17.1 Å². The first-order valence-electron chi connectivity index (χ1n) is 8.74. The van der Waals surface area contributed by atoms with Crippen LogP contribution in [0.5, 0.6) is 0 Å². The van der Waals surface area contributed by atoms with E-state index in [1.165, 1.54) is 0 Å². The monoisotopic (exact) mass is 330 g/mol. The molecule has 1 heterocycles. The van der Waals surface area contributed by atoms with Crippen molar-refractivity contribution in [3.8, 4) is 0 Å². The summed E-state index contributed by atoms with van der Waals surface area (Å²) in [6, 6.07) is 0. The van der Waals surface area contributed by atoms with Crippen molar-refractivity contribution < 1.29 is 18.7 Å². The van der Waals surface area contributed by atoms with E-state index in [1.807, 2.05) is 13.8 Å². The molecule has 3 rings (SSSR count). The lowest BCUT2D eigenvalue weighted by Gasteiger charge is -2.50. The number of carbonyl (C=O) groups is 2. The van der Waals surface area contributed by atoms with Gasteiger partial charge in [-0.1, -0.05) is 19.9 Å². The van der Waals surface area contributed by atoms with Crippen LogP contribution in [-0.4, -0.2) is 17.9 Å². The summed E-state index contributed by atoms with van der Waals surface area (Å²) < 4.78 is 11.3. The van der Waals surface area contributed by atoms with E-state index in [1.54, 1.807) is 19.3 Å². The van der Waals surface area contributed by atoms with Gasteiger partial charge in [-0.3, -0.25) is 4.79 Å². The van der Waals surface area contributed by atoms with Gasteiger partial charge in [0.25, 0.3) is 0 Å². The third-order valence-corrected chi connectivity index (χ3v) is 6.35. The summed E-state index contributed by atoms with van der Waals surface area (Å²) >= 11 is 0. The van der Waals surface area contributed by atoms with Crippen molar-refractivity contribution in [2.45, 2.75) is 60.0 Å². The van der Waals surface area contributed by atoms with Gasteiger partial charge in [0.1, 0.15) is 6.10 Å². The predicted octanol–water partition coefficient (Wildman–Crippen LogP) is 4.26. The van der Waals surface area contributed by atoms with E-state index in [4.69, 9.17) is 9.15 Å². The fraction of sp³-hybridized carbons (Fsp3) is 0.600. The summed E-state index contributed by atoms with van der Waals surface area (Å²) in [4.78, 5) is 25.0. The third kappa shape index (κ3) is 2.43. The van der Waals surface area contributed by atoms with Gasteiger partial charge in [-0.15, -0.1) is 0 Å². The lowest BCUT2D eigenvalue weighted by Crippen LogP contribution is -2.52. The highest BCUT2D eigenvalue weighted by atomic mass is 16.5. The minimum absolute atomic E-state index is 0.0525. The van der Waals surface area contributed by atoms with Crippen molar-refractivity contribution in [2.75, 3.05) is 0 Å². The summed E-state index contributed by atoms with van der Waals surface area (Å²) in [5.41, 5.74) is 2.49. The molecule has 4 heteroatoms. The Hall–Kier alpha value is -1.84. The Bertz CT molecular complexity index is 711. The molecule has 4 atom stereocenters. The molecule has 1 aromatic rings. The molecule has 0 saturated heterocycles. The van der Waals surface area contributed by atoms with E-state index in [-0.39, 0.29) is 35.1 Å². The fourth-order valence-electron chi connectivity index (χ4n) is 4.31. The van der Waals surface area contributed by atoms with Crippen molar-refractivity contribution in [1.82, 2.24) is 0 Å².